The third-order valence-electron chi connectivity index (χ3n) is 3.08. The Bertz CT molecular complexity index is 551. The molecule has 106 valence electrons. The monoisotopic (exact) mass is 289 g/mol. The lowest BCUT2D eigenvalue weighted by molar-refractivity contribution is 0.317. The highest BCUT2D eigenvalue weighted by atomic mass is 35.5. The van der Waals surface area contributed by atoms with E-state index < -0.39 is 0 Å². The predicted octanol–water partition coefficient (Wildman–Crippen LogP) is 5.05. The number of benzene rings is 2. The van der Waals surface area contributed by atoms with Crippen molar-refractivity contribution in [2.75, 3.05) is 11.9 Å². The summed E-state index contributed by atoms with van der Waals surface area (Å²) in [5.74, 6) is 0.925. The Balaban J connectivity index is 1.95. The smallest absolute Gasteiger partial charge is 0.119 e. The Morgan fingerprint density at radius 2 is 1.85 bits per heavy atom. The number of nitrogens with one attached hydrogen (secondary N) is 1. The molecule has 2 rings (SSSR count). The molecule has 20 heavy (non-hydrogen) atoms. The van der Waals surface area contributed by atoms with E-state index >= 15 is 0 Å². The van der Waals surface area contributed by atoms with Crippen molar-refractivity contribution in [2.45, 2.75) is 26.8 Å². The predicted molar refractivity (Wildman–Crippen MR) is 85.7 cm³/mol. The van der Waals surface area contributed by atoms with E-state index in [9.17, 15) is 0 Å². The third kappa shape index (κ3) is 4.17. The van der Waals surface area contributed by atoms with Crippen LogP contribution in [-0.4, -0.2) is 6.61 Å². The minimum atomic E-state index is 0.751. The Hall–Kier alpha value is -1.67. The molecule has 0 radical (unpaired) electrons. The maximum absolute atomic E-state index is 6.01. The standard InChI is InChI=1S/C17H20ClNO/c1-3-10-20-16-8-5-14(6-9-16)12-19-17-11-15(18)7-4-13(17)2/h4-9,11,19H,3,10,12H2,1-2H3. The second-order valence-electron chi connectivity index (χ2n) is 4.81. The molecule has 0 heterocycles. The molecule has 0 amide bonds. The van der Waals surface area contributed by atoms with Crippen LogP contribution in [0.4, 0.5) is 5.69 Å². The topological polar surface area (TPSA) is 21.3 Å². The lowest BCUT2D eigenvalue weighted by Crippen LogP contribution is -2.01. The number of hydrogen-bond acceptors (Lipinski definition) is 2. The van der Waals surface area contributed by atoms with E-state index in [1.807, 2.05) is 30.3 Å². The normalized spacial score (nSPS) is 10.3. The van der Waals surface area contributed by atoms with Gasteiger partial charge >= 0.3 is 0 Å². The summed E-state index contributed by atoms with van der Waals surface area (Å²) in [4.78, 5) is 0. The van der Waals surface area contributed by atoms with Crippen LogP contribution in [0.1, 0.15) is 24.5 Å². The number of rotatable bonds is 6. The van der Waals surface area contributed by atoms with Crippen LogP contribution >= 0.6 is 11.6 Å². The Morgan fingerprint density at radius 1 is 1.10 bits per heavy atom. The molecule has 0 saturated carbocycles. The molecule has 0 unspecified atom stereocenters. The first kappa shape index (κ1) is 14.7. The molecule has 0 aromatic heterocycles. The van der Waals surface area contributed by atoms with E-state index in [0.29, 0.717) is 0 Å². The Labute approximate surface area is 125 Å². The fraction of sp³-hybridized carbons (Fsp3) is 0.294. The van der Waals surface area contributed by atoms with Gasteiger partial charge in [0, 0.05) is 17.3 Å². The molecule has 0 atom stereocenters. The minimum Gasteiger partial charge on any atom is -0.494 e. The first-order valence-corrected chi connectivity index (χ1v) is 7.28. The van der Waals surface area contributed by atoms with Crippen molar-refractivity contribution in [2.24, 2.45) is 0 Å². The second kappa shape index (κ2) is 7.20. The molecule has 2 aromatic carbocycles. The zero-order chi connectivity index (χ0) is 14.4. The summed E-state index contributed by atoms with van der Waals surface area (Å²) in [6, 6.07) is 14.1. The van der Waals surface area contributed by atoms with E-state index in [1.165, 1.54) is 11.1 Å². The van der Waals surface area contributed by atoms with E-state index in [1.54, 1.807) is 0 Å². The van der Waals surface area contributed by atoms with Crippen molar-refractivity contribution in [3.05, 3.63) is 58.6 Å². The summed E-state index contributed by atoms with van der Waals surface area (Å²) in [5, 5.41) is 4.16. The van der Waals surface area contributed by atoms with E-state index in [2.05, 4.69) is 31.3 Å². The molecule has 0 bridgehead atoms. The van der Waals surface area contributed by atoms with Gasteiger partial charge in [-0.15, -0.1) is 0 Å². The molecule has 3 heteroatoms. The van der Waals surface area contributed by atoms with Crippen LogP contribution in [0, 0.1) is 6.92 Å². The zero-order valence-corrected chi connectivity index (χ0v) is 12.7. The molecule has 1 N–H and O–H groups in total. The van der Waals surface area contributed by atoms with Gasteiger partial charge < -0.3 is 10.1 Å². The molecule has 2 nitrogen and oxygen atoms in total. The lowest BCUT2D eigenvalue weighted by atomic mass is 10.1. The van der Waals surface area contributed by atoms with Gasteiger partial charge in [-0.05, 0) is 48.7 Å². The molecule has 0 spiro atoms. The number of aryl methyl sites for hydroxylation is 1. The van der Waals surface area contributed by atoms with E-state index in [0.717, 1.165) is 36.0 Å². The summed E-state index contributed by atoms with van der Waals surface area (Å²) in [6.07, 6.45) is 1.03. The molecule has 0 aliphatic heterocycles. The van der Waals surface area contributed by atoms with Gasteiger partial charge in [-0.25, -0.2) is 0 Å². The van der Waals surface area contributed by atoms with Crippen molar-refractivity contribution in [3.63, 3.8) is 0 Å². The lowest BCUT2D eigenvalue weighted by Gasteiger charge is -2.11. The highest BCUT2D eigenvalue weighted by molar-refractivity contribution is 6.30. The van der Waals surface area contributed by atoms with Crippen molar-refractivity contribution >= 4 is 17.3 Å². The Morgan fingerprint density at radius 3 is 2.55 bits per heavy atom. The summed E-state index contributed by atoms with van der Waals surface area (Å²) in [7, 11) is 0. The van der Waals surface area contributed by atoms with Gasteiger partial charge in [0.05, 0.1) is 6.61 Å². The van der Waals surface area contributed by atoms with Gasteiger partial charge in [0.1, 0.15) is 5.75 Å². The summed E-state index contributed by atoms with van der Waals surface area (Å²) >= 11 is 6.01. The molecule has 0 saturated heterocycles. The highest BCUT2D eigenvalue weighted by Gasteiger charge is 2.00. The van der Waals surface area contributed by atoms with Crippen LogP contribution in [0.25, 0.3) is 0 Å². The third-order valence-corrected chi connectivity index (χ3v) is 3.31. The molecule has 0 fully saturated rings. The summed E-state index contributed by atoms with van der Waals surface area (Å²) < 4.78 is 5.57. The van der Waals surface area contributed by atoms with Crippen molar-refractivity contribution in [1.82, 2.24) is 0 Å². The fourth-order valence-electron chi connectivity index (χ4n) is 1.91. The second-order valence-corrected chi connectivity index (χ2v) is 5.24. The van der Waals surface area contributed by atoms with Crippen molar-refractivity contribution < 1.29 is 4.74 Å². The maximum Gasteiger partial charge on any atom is 0.119 e. The van der Waals surface area contributed by atoms with Gasteiger partial charge in [0.2, 0.25) is 0 Å². The first-order chi connectivity index (χ1) is 9.69. The first-order valence-electron chi connectivity index (χ1n) is 6.91. The molecular weight excluding hydrogens is 270 g/mol. The van der Waals surface area contributed by atoms with E-state index in [4.69, 9.17) is 16.3 Å². The van der Waals surface area contributed by atoms with Crippen molar-refractivity contribution in [1.29, 1.82) is 0 Å². The number of anilines is 1. The number of hydrogen-bond donors (Lipinski definition) is 1. The van der Waals surface area contributed by atoms with Gasteiger partial charge in [-0.1, -0.05) is 36.7 Å². The van der Waals surface area contributed by atoms with Crippen LogP contribution in [0.3, 0.4) is 0 Å². The molecular formula is C17H20ClNO. The van der Waals surface area contributed by atoms with E-state index in [-0.39, 0.29) is 0 Å². The Kier molecular flexibility index (Phi) is 5.31. The van der Waals surface area contributed by atoms with Gasteiger partial charge in [0.15, 0.2) is 0 Å². The zero-order valence-electron chi connectivity index (χ0n) is 11.9. The maximum atomic E-state index is 6.01. The van der Waals surface area contributed by atoms with Crippen LogP contribution in [0.15, 0.2) is 42.5 Å². The van der Waals surface area contributed by atoms with Gasteiger partial charge in [-0.3, -0.25) is 0 Å². The van der Waals surface area contributed by atoms with Crippen LogP contribution in [-0.2, 0) is 6.54 Å². The van der Waals surface area contributed by atoms with Crippen LogP contribution < -0.4 is 10.1 Å². The summed E-state index contributed by atoms with van der Waals surface area (Å²) in [5.41, 5.74) is 3.48. The fourth-order valence-corrected chi connectivity index (χ4v) is 2.08. The van der Waals surface area contributed by atoms with Crippen LogP contribution in [0.5, 0.6) is 5.75 Å². The largest absolute Gasteiger partial charge is 0.494 e. The SMILES string of the molecule is CCCOc1ccc(CNc2cc(Cl)ccc2C)cc1. The van der Waals surface area contributed by atoms with Crippen LogP contribution in [0.2, 0.25) is 5.02 Å². The number of halogens is 1. The average molecular weight is 290 g/mol. The minimum absolute atomic E-state index is 0.751. The molecule has 0 aliphatic carbocycles. The van der Waals surface area contributed by atoms with Gasteiger partial charge in [-0.2, -0.15) is 0 Å². The molecule has 2 aromatic rings. The van der Waals surface area contributed by atoms with Gasteiger partial charge in [0.25, 0.3) is 0 Å². The highest BCUT2D eigenvalue weighted by Crippen LogP contribution is 2.21. The average Bonchev–Trinajstić information content (AvgIpc) is 2.47. The number of ether oxygens (including phenoxy) is 1. The quantitative estimate of drug-likeness (QED) is 0.803. The summed E-state index contributed by atoms with van der Waals surface area (Å²) in [6.45, 7) is 5.71. The van der Waals surface area contributed by atoms with Crippen molar-refractivity contribution in [3.8, 4) is 5.75 Å². The molecule has 0 aliphatic rings.